The van der Waals surface area contributed by atoms with Gasteiger partial charge in [-0.25, -0.2) is 0 Å². The molecule has 0 aromatic carbocycles. The fraction of sp³-hybridized carbons (Fsp3) is 1.00. The maximum Gasteiger partial charge on any atom is 0.0471 e. The van der Waals surface area contributed by atoms with Gasteiger partial charge in [0.2, 0.25) is 0 Å². The molecular formula is C11H25NO. The molecule has 0 saturated heterocycles. The first kappa shape index (κ1) is 12.9. The molecule has 0 bridgehead atoms. The smallest absolute Gasteiger partial charge is 0.0471 e. The van der Waals surface area contributed by atoms with E-state index in [2.05, 4.69) is 33.0 Å². The molecule has 0 aliphatic heterocycles. The van der Waals surface area contributed by atoms with Crippen LogP contribution in [0.5, 0.6) is 0 Å². The maximum absolute atomic E-state index is 5.35. The Labute approximate surface area is 83.1 Å². The SMILES string of the molecule is CCOCCC(C)(C)CNC(C)C. The van der Waals surface area contributed by atoms with Crippen LogP contribution in [0, 0.1) is 5.41 Å². The Hall–Kier alpha value is -0.0800. The standard InChI is InChI=1S/C11H25NO/c1-6-13-8-7-11(4,5)9-12-10(2)3/h10,12H,6-9H2,1-5H3. The zero-order valence-electron chi connectivity index (χ0n) is 9.81. The molecule has 0 rings (SSSR count). The van der Waals surface area contributed by atoms with Crippen LogP contribution in [0.15, 0.2) is 0 Å². The maximum atomic E-state index is 5.35. The molecule has 13 heavy (non-hydrogen) atoms. The Bertz CT molecular complexity index is 121. The average molecular weight is 187 g/mol. The number of ether oxygens (including phenoxy) is 1. The zero-order chi connectivity index (χ0) is 10.3. The van der Waals surface area contributed by atoms with E-state index in [1.54, 1.807) is 0 Å². The molecule has 0 spiro atoms. The highest BCUT2D eigenvalue weighted by Gasteiger charge is 2.17. The molecule has 2 nitrogen and oxygen atoms in total. The van der Waals surface area contributed by atoms with E-state index in [0.717, 1.165) is 26.2 Å². The van der Waals surface area contributed by atoms with Gasteiger partial charge in [0.25, 0.3) is 0 Å². The van der Waals surface area contributed by atoms with E-state index in [4.69, 9.17) is 4.74 Å². The molecule has 0 heterocycles. The highest BCUT2D eigenvalue weighted by Crippen LogP contribution is 2.18. The van der Waals surface area contributed by atoms with Gasteiger partial charge in [-0.2, -0.15) is 0 Å². The van der Waals surface area contributed by atoms with Crippen LogP contribution in [0.2, 0.25) is 0 Å². The second-order valence-corrected chi connectivity index (χ2v) is 4.65. The topological polar surface area (TPSA) is 21.3 Å². The van der Waals surface area contributed by atoms with Gasteiger partial charge in [-0.15, -0.1) is 0 Å². The van der Waals surface area contributed by atoms with Crippen LogP contribution in [-0.2, 0) is 4.74 Å². The summed E-state index contributed by atoms with van der Waals surface area (Å²) in [4.78, 5) is 0. The van der Waals surface area contributed by atoms with Crippen molar-refractivity contribution in [2.75, 3.05) is 19.8 Å². The highest BCUT2D eigenvalue weighted by molar-refractivity contribution is 4.72. The number of nitrogens with one attached hydrogen (secondary N) is 1. The van der Waals surface area contributed by atoms with Crippen molar-refractivity contribution in [1.82, 2.24) is 5.32 Å². The van der Waals surface area contributed by atoms with Gasteiger partial charge in [0, 0.05) is 25.8 Å². The Morgan fingerprint density at radius 1 is 1.31 bits per heavy atom. The third-order valence-corrected chi connectivity index (χ3v) is 2.12. The number of hydrogen-bond acceptors (Lipinski definition) is 2. The Morgan fingerprint density at radius 3 is 2.38 bits per heavy atom. The third-order valence-electron chi connectivity index (χ3n) is 2.12. The first-order valence-corrected chi connectivity index (χ1v) is 5.29. The van der Waals surface area contributed by atoms with Gasteiger partial charge in [-0.3, -0.25) is 0 Å². The van der Waals surface area contributed by atoms with E-state index in [1.807, 2.05) is 6.92 Å². The summed E-state index contributed by atoms with van der Waals surface area (Å²) < 4.78 is 5.35. The van der Waals surface area contributed by atoms with Gasteiger partial charge in [0.1, 0.15) is 0 Å². The quantitative estimate of drug-likeness (QED) is 0.618. The lowest BCUT2D eigenvalue weighted by Gasteiger charge is -2.26. The molecule has 0 aliphatic carbocycles. The summed E-state index contributed by atoms with van der Waals surface area (Å²) in [6.45, 7) is 13.7. The molecule has 0 saturated carbocycles. The summed E-state index contributed by atoms with van der Waals surface area (Å²) in [6.07, 6.45) is 1.13. The fourth-order valence-electron chi connectivity index (χ4n) is 1.06. The molecular weight excluding hydrogens is 162 g/mol. The third kappa shape index (κ3) is 8.26. The summed E-state index contributed by atoms with van der Waals surface area (Å²) in [5.41, 5.74) is 0.347. The van der Waals surface area contributed by atoms with Crippen molar-refractivity contribution in [1.29, 1.82) is 0 Å². The van der Waals surface area contributed by atoms with Crippen LogP contribution in [0.4, 0.5) is 0 Å². The van der Waals surface area contributed by atoms with Crippen molar-refractivity contribution in [3.8, 4) is 0 Å². The number of hydrogen-bond donors (Lipinski definition) is 1. The van der Waals surface area contributed by atoms with E-state index >= 15 is 0 Å². The molecule has 1 N–H and O–H groups in total. The Kier molecular flexibility index (Phi) is 6.35. The van der Waals surface area contributed by atoms with E-state index in [9.17, 15) is 0 Å². The number of rotatable bonds is 7. The predicted octanol–water partition coefficient (Wildman–Crippen LogP) is 2.44. The van der Waals surface area contributed by atoms with E-state index in [-0.39, 0.29) is 0 Å². The van der Waals surface area contributed by atoms with Crippen molar-refractivity contribution in [3.63, 3.8) is 0 Å². The molecule has 0 amide bonds. The lowest BCUT2D eigenvalue weighted by molar-refractivity contribution is 0.113. The van der Waals surface area contributed by atoms with Gasteiger partial charge >= 0.3 is 0 Å². The molecule has 0 unspecified atom stereocenters. The van der Waals surface area contributed by atoms with E-state index in [0.29, 0.717) is 11.5 Å². The van der Waals surface area contributed by atoms with Crippen LogP contribution in [0.3, 0.4) is 0 Å². The van der Waals surface area contributed by atoms with E-state index < -0.39 is 0 Å². The first-order chi connectivity index (χ1) is 5.98. The summed E-state index contributed by atoms with van der Waals surface area (Å²) in [7, 11) is 0. The largest absolute Gasteiger partial charge is 0.382 e. The van der Waals surface area contributed by atoms with Crippen LogP contribution in [0.25, 0.3) is 0 Å². The van der Waals surface area contributed by atoms with Crippen LogP contribution >= 0.6 is 0 Å². The minimum Gasteiger partial charge on any atom is -0.382 e. The molecule has 0 atom stereocenters. The summed E-state index contributed by atoms with van der Waals surface area (Å²) in [6, 6.07) is 0.575. The van der Waals surface area contributed by atoms with Gasteiger partial charge in [-0.1, -0.05) is 27.7 Å². The molecule has 0 aromatic rings. The molecule has 0 aromatic heterocycles. The van der Waals surface area contributed by atoms with Crippen LogP contribution in [0.1, 0.15) is 41.0 Å². The van der Waals surface area contributed by atoms with Crippen molar-refractivity contribution >= 4 is 0 Å². The van der Waals surface area contributed by atoms with Gasteiger partial charge < -0.3 is 10.1 Å². The molecule has 0 fully saturated rings. The zero-order valence-corrected chi connectivity index (χ0v) is 9.81. The van der Waals surface area contributed by atoms with Crippen LogP contribution in [-0.4, -0.2) is 25.8 Å². The average Bonchev–Trinajstić information content (AvgIpc) is 2.02. The van der Waals surface area contributed by atoms with Gasteiger partial charge in [0.05, 0.1) is 0 Å². The summed E-state index contributed by atoms with van der Waals surface area (Å²) in [5, 5.41) is 3.46. The first-order valence-electron chi connectivity index (χ1n) is 5.29. The van der Waals surface area contributed by atoms with Crippen molar-refractivity contribution in [2.45, 2.75) is 47.1 Å². The monoisotopic (exact) mass is 187 g/mol. The van der Waals surface area contributed by atoms with E-state index in [1.165, 1.54) is 0 Å². The fourth-order valence-corrected chi connectivity index (χ4v) is 1.06. The minimum atomic E-state index is 0.347. The molecule has 0 radical (unpaired) electrons. The second-order valence-electron chi connectivity index (χ2n) is 4.65. The summed E-state index contributed by atoms with van der Waals surface area (Å²) in [5.74, 6) is 0. The van der Waals surface area contributed by atoms with Crippen molar-refractivity contribution < 1.29 is 4.74 Å². The lowest BCUT2D eigenvalue weighted by atomic mass is 9.89. The molecule has 2 heteroatoms. The molecule has 80 valence electrons. The van der Waals surface area contributed by atoms with Crippen LogP contribution < -0.4 is 5.32 Å². The van der Waals surface area contributed by atoms with Crippen molar-refractivity contribution in [3.05, 3.63) is 0 Å². The second kappa shape index (κ2) is 6.39. The molecule has 0 aliphatic rings. The minimum absolute atomic E-state index is 0.347. The highest BCUT2D eigenvalue weighted by atomic mass is 16.5. The lowest BCUT2D eigenvalue weighted by Crippen LogP contribution is -2.34. The summed E-state index contributed by atoms with van der Waals surface area (Å²) >= 11 is 0. The normalized spacial score (nSPS) is 12.5. The Balaban J connectivity index is 3.54. The van der Waals surface area contributed by atoms with Crippen molar-refractivity contribution in [2.24, 2.45) is 5.41 Å². The Morgan fingerprint density at radius 2 is 1.92 bits per heavy atom. The van der Waals surface area contributed by atoms with Gasteiger partial charge in [-0.05, 0) is 18.8 Å². The predicted molar refractivity (Wildman–Crippen MR) is 58.0 cm³/mol. The van der Waals surface area contributed by atoms with Gasteiger partial charge in [0.15, 0.2) is 0 Å².